The van der Waals surface area contributed by atoms with Gasteiger partial charge in [-0.05, 0) is 24.3 Å². The van der Waals surface area contributed by atoms with Gasteiger partial charge in [0, 0.05) is 6.20 Å². The summed E-state index contributed by atoms with van der Waals surface area (Å²) in [5, 5.41) is -0.309. The van der Waals surface area contributed by atoms with Crippen LogP contribution in [0, 0.1) is 0 Å². The molecule has 1 atom stereocenters. The van der Waals surface area contributed by atoms with E-state index in [0.717, 1.165) is 17.9 Å². The highest BCUT2D eigenvalue weighted by Gasteiger charge is 2.18. The van der Waals surface area contributed by atoms with Crippen LogP contribution in [0.4, 0.5) is 0 Å². The Bertz CT molecular complexity index is 295. The molecule has 0 aromatic carbocycles. The molecular formula is C10H15ClN2OS. The van der Waals surface area contributed by atoms with Crippen LogP contribution in [0.1, 0.15) is 24.3 Å². The summed E-state index contributed by atoms with van der Waals surface area (Å²) in [5.74, 6) is 0.603. The second-order valence-electron chi connectivity index (χ2n) is 2.91. The molecule has 5 heteroatoms. The zero-order chi connectivity index (χ0) is 10.4. The molecule has 0 saturated carbocycles. The zero-order valence-electron chi connectivity index (χ0n) is 8.55. The number of halogens is 1. The predicted molar refractivity (Wildman–Crippen MR) is 66.2 cm³/mol. The number of pyridine rings is 1. The van der Waals surface area contributed by atoms with Gasteiger partial charge in [-0.1, -0.05) is 13.0 Å². The van der Waals surface area contributed by atoms with E-state index in [-0.39, 0.29) is 23.6 Å². The molecule has 1 aromatic rings. The fourth-order valence-electron chi connectivity index (χ4n) is 1.08. The number of primary amides is 1. The number of carbonyl (C=O) groups is 1. The Hall–Kier alpha value is -0.740. The van der Waals surface area contributed by atoms with Crippen LogP contribution in [0.2, 0.25) is 0 Å². The minimum absolute atomic E-state index is 0. The maximum Gasteiger partial charge on any atom is 0.236 e. The van der Waals surface area contributed by atoms with Crippen LogP contribution in [-0.2, 0) is 4.79 Å². The van der Waals surface area contributed by atoms with Crippen molar-refractivity contribution in [2.45, 2.75) is 18.6 Å². The van der Waals surface area contributed by atoms with Gasteiger partial charge in [0.15, 0.2) is 0 Å². The number of nitrogens with two attached hydrogens (primary N) is 1. The van der Waals surface area contributed by atoms with Crippen molar-refractivity contribution >= 4 is 30.1 Å². The van der Waals surface area contributed by atoms with Gasteiger partial charge < -0.3 is 5.73 Å². The molecule has 1 rings (SSSR count). The molecule has 84 valence electrons. The molecule has 1 aromatic heterocycles. The Morgan fingerprint density at radius 3 is 2.80 bits per heavy atom. The van der Waals surface area contributed by atoms with Gasteiger partial charge in [-0.25, -0.2) is 0 Å². The lowest BCUT2D eigenvalue weighted by atomic mass is 10.2. The number of carbonyl (C=O) groups excluding carboxylic acids is 1. The predicted octanol–water partition coefficient (Wildman–Crippen LogP) is 2.17. The molecule has 0 fully saturated rings. The van der Waals surface area contributed by atoms with Crippen LogP contribution >= 0.6 is 24.2 Å². The molecule has 1 heterocycles. The van der Waals surface area contributed by atoms with Crippen molar-refractivity contribution in [2.75, 3.05) is 5.75 Å². The zero-order valence-corrected chi connectivity index (χ0v) is 10.2. The molecule has 0 aliphatic rings. The molecular weight excluding hydrogens is 232 g/mol. The lowest BCUT2D eigenvalue weighted by Crippen LogP contribution is -2.20. The first-order chi connectivity index (χ1) is 6.75. The number of amides is 1. The smallest absolute Gasteiger partial charge is 0.236 e. The highest BCUT2D eigenvalue weighted by molar-refractivity contribution is 8.00. The van der Waals surface area contributed by atoms with Gasteiger partial charge in [0.05, 0.1) is 5.69 Å². The van der Waals surface area contributed by atoms with Crippen LogP contribution in [0.3, 0.4) is 0 Å². The standard InChI is InChI=1S/C10H14N2OS.ClH/c1-2-7-14-9(10(11)13)8-5-3-4-6-12-8;/h3-6,9H,2,7H2,1H3,(H2,11,13);1H. The minimum atomic E-state index is -0.317. The monoisotopic (exact) mass is 246 g/mol. The Labute approximate surface area is 100 Å². The summed E-state index contributed by atoms with van der Waals surface area (Å²) in [6.45, 7) is 2.07. The third kappa shape index (κ3) is 4.53. The largest absolute Gasteiger partial charge is 0.368 e. The summed E-state index contributed by atoms with van der Waals surface area (Å²) >= 11 is 1.55. The average molecular weight is 247 g/mol. The first kappa shape index (κ1) is 14.3. The topological polar surface area (TPSA) is 56.0 Å². The summed E-state index contributed by atoms with van der Waals surface area (Å²) in [6, 6.07) is 5.52. The second kappa shape index (κ2) is 7.54. The Balaban J connectivity index is 0.00000196. The number of nitrogens with zero attached hydrogens (tertiary/aromatic N) is 1. The van der Waals surface area contributed by atoms with E-state index in [2.05, 4.69) is 11.9 Å². The lowest BCUT2D eigenvalue weighted by Gasteiger charge is -2.11. The molecule has 0 saturated heterocycles. The molecule has 0 bridgehead atoms. The fraction of sp³-hybridized carbons (Fsp3) is 0.400. The van der Waals surface area contributed by atoms with Gasteiger partial charge in [-0.2, -0.15) is 0 Å². The van der Waals surface area contributed by atoms with E-state index in [0.29, 0.717) is 0 Å². The quantitative estimate of drug-likeness (QED) is 0.866. The number of hydrogen-bond donors (Lipinski definition) is 1. The van der Waals surface area contributed by atoms with E-state index in [1.807, 2.05) is 18.2 Å². The fourth-order valence-corrected chi connectivity index (χ4v) is 2.03. The molecule has 3 nitrogen and oxygen atoms in total. The van der Waals surface area contributed by atoms with Gasteiger partial charge in [-0.3, -0.25) is 9.78 Å². The second-order valence-corrected chi connectivity index (χ2v) is 4.12. The van der Waals surface area contributed by atoms with E-state index >= 15 is 0 Å². The summed E-state index contributed by atoms with van der Waals surface area (Å²) < 4.78 is 0. The van der Waals surface area contributed by atoms with Gasteiger partial charge in [0.1, 0.15) is 5.25 Å². The van der Waals surface area contributed by atoms with Gasteiger partial charge in [0.2, 0.25) is 5.91 Å². The van der Waals surface area contributed by atoms with Crippen LogP contribution in [0.25, 0.3) is 0 Å². The van der Waals surface area contributed by atoms with E-state index in [9.17, 15) is 4.79 Å². The molecule has 0 aliphatic heterocycles. The molecule has 1 amide bonds. The van der Waals surface area contributed by atoms with Gasteiger partial charge in [-0.15, -0.1) is 24.2 Å². The van der Waals surface area contributed by atoms with E-state index in [1.54, 1.807) is 18.0 Å². The van der Waals surface area contributed by atoms with Crippen molar-refractivity contribution in [3.63, 3.8) is 0 Å². The summed E-state index contributed by atoms with van der Waals surface area (Å²) in [5.41, 5.74) is 6.06. The van der Waals surface area contributed by atoms with Crippen molar-refractivity contribution < 1.29 is 4.79 Å². The molecule has 1 unspecified atom stereocenters. The van der Waals surface area contributed by atoms with Crippen molar-refractivity contribution in [1.29, 1.82) is 0 Å². The maximum absolute atomic E-state index is 11.2. The molecule has 0 aliphatic carbocycles. The third-order valence-electron chi connectivity index (χ3n) is 1.70. The first-order valence-corrected chi connectivity index (χ1v) is 5.62. The van der Waals surface area contributed by atoms with E-state index < -0.39 is 0 Å². The van der Waals surface area contributed by atoms with Crippen LogP contribution in [-0.4, -0.2) is 16.6 Å². The normalized spacial score (nSPS) is 11.5. The first-order valence-electron chi connectivity index (χ1n) is 4.57. The summed E-state index contributed by atoms with van der Waals surface area (Å²) in [4.78, 5) is 15.3. The summed E-state index contributed by atoms with van der Waals surface area (Å²) in [6.07, 6.45) is 2.71. The Morgan fingerprint density at radius 2 is 2.33 bits per heavy atom. The molecule has 15 heavy (non-hydrogen) atoms. The number of thioether (sulfide) groups is 1. The van der Waals surface area contributed by atoms with E-state index in [1.165, 1.54) is 0 Å². The van der Waals surface area contributed by atoms with Gasteiger partial charge in [0.25, 0.3) is 0 Å². The van der Waals surface area contributed by atoms with Crippen molar-refractivity contribution in [2.24, 2.45) is 5.73 Å². The summed E-state index contributed by atoms with van der Waals surface area (Å²) in [7, 11) is 0. The molecule has 0 radical (unpaired) electrons. The Morgan fingerprint density at radius 1 is 1.60 bits per heavy atom. The van der Waals surface area contributed by atoms with Crippen molar-refractivity contribution in [1.82, 2.24) is 4.98 Å². The lowest BCUT2D eigenvalue weighted by molar-refractivity contribution is -0.117. The number of hydrogen-bond acceptors (Lipinski definition) is 3. The number of rotatable bonds is 5. The molecule has 2 N–H and O–H groups in total. The Kier molecular flexibility index (Phi) is 7.17. The van der Waals surface area contributed by atoms with E-state index in [4.69, 9.17) is 5.73 Å². The molecule has 0 spiro atoms. The van der Waals surface area contributed by atoms with Gasteiger partial charge >= 0.3 is 0 Å². The maximum atomic E-state index is 11.2. The average Bonchev–Trinajstić information content (AvgIpc) is 2.19. The SMILES string of the molecule is CCCSC(C(N)=O)c1ccccn1.Cl. The van der Waals surface area contributed by atoms with Crippen molar-refractivity contribution in [3.05, 3.63) is 30.1 Å². The van der Waals surface area contributed by atoms with Crippen molar-refractivity contribution in [3.8, 4) is 0 Å². The number of aromatic nitrogens is 1. The third-order valence-corrected chi connectivity index (χ3v) is 3.15. The van der Waals surface area contributed by atoms with Crippen LogP contribution in [0.5, 0.6) is 0 Å². The minimum Gasteiger partial charge on any atom is -0.368 e. The van der Waals surface area contributed by atoms with Crippen LogP contribution in [0.15, 0.2) is 24.4 Å². The highest BCUT2D eigenvalue weighted by atomic mass is 35.5. The van der Waals surface area contributed by atoms with Crippen LogP contribution < -0.4 is 5.73 Å². The highest BCUT2D eigenvalue weighted by Crippen LogP contribution is 2.26.